The first-order valence-electron chi connectivity index (χ1n) is 8.42. The molecule has 1 spiro atoms. The van der Waals surface area contributed by atoms with Crippen molar-refractivity contribution in [3.8, 4) is 0 Å². The molecule has 7 heteroatoms. The van der Waals surface area contributed by atoms with Crippen molar-refractivity contribution in [2.75, 3.05) is 44.8 Å². The molecule has 6 nitrogen and oxygen atoms in total. The quantitative estimate of drug-likeness (QED) is 0.823. The molecule has 1 atom stereocenters. The van der Waals surface area contributed by atoms with E-state index in [1.807, 2.05) is 4.90 Å². The van der Waals surface area contributed by atoms with E-state index < -0.39 is 0 Å². The van der Waals surface area contributed by atoms with E-state index in [9.17, 15) is 4.79 Å². The fraction of sp³-hybridized carbons (Fsp3) is 0.812. The first-order chi connectivity index (χ1) is 11.1. The fourth-order valence-corrected chi connectivity index (χ4v) is 4.44. The molecule has 2 aliphatic heterocycles. The molecule has 0 saturated carbocycles. The highest BCUT2D eigenvalue weighted by molar-refractivity contribution is 7.15. The van der Waals surface area contributed by atoms with E-state index in [0.717, 1.165) is 49.0 Å². The molecule has 128 valence electrons. The molecule has 0 radical (unpaired) electrons. The average molecular weight is 338 g/mol. The Bertz CT molecular complexity index is 562. The van der Waals surface area contributed by atoms with Gasteiger partial charge in [0.05, 0.1) is 12.0 Å². The Morgan fingerprint density at radius 3 is 2.83 bits per heavy atom. The molecule has 0 aromatic carbocycles. The summed E-state index contributed by atoms with van der Waals surface area (Å²) < 4.78 is 5.14. The van der Waals surface area contributed by atoms with Crippen LogP contribution in [0.4, 0.5) is 5.13 Å². The van der Waals surface area contributed by atoms with Gasteiger partial charge >= 0.3 is 0 Å². The smallest absolute Gasteiger partial charge is 0.230 e. The van der Waals surface area contributed by atoms with Crippen LogP contribution in [0.1, 0.15) is 44.0 Å². The minimum absolute atomic E-state index is 0.227. The zero-order chi connectivity index (χ0) is 16.4. The number of carbonyl (C=O) groups is 1. The molecule has 0 bridgehead atoms. The molecule has 1 unspecified atom stereocenters. The lowest BCUT2D eigenvalue weighted by Gasteiger charge is -2.39. The van der Waals surface area contributed by atoms with Crippen molar-refractivity contribution in [1.82, 2.24) is 15.1 Å². The van der Waals surface area contributed by atoms with Gasteiger partial charge in [-0.3, -0.25) is 4.79 Å². The second-order valence-electron chi connectivity index (χ2n) is 6.92. The Kier molecular flexibility index (Phi) is 4.87. The predicted octanol–water partition coefficient (Wildman–Crippen LogP) is 2.13. The molecule has 1 amide bonds. The van der Waals surface area contributed by atoms with Gasteiger partial charge in [-0.15, -0.1) is 10.2 Å². The highest BCUT2D eigenvalue weighted by Gasteiger charge is 2.48. The second kappa shape index (κ2) is 6.73. The van der Waals surface area contributed by atoms with Crippen molar-refractivity contribution in [3.05, 3.63) is 5.01 Å². The van der Waals surface area contributed by atoms with Gasteiger partial charge in [0.25, 0.3) is 0 Å². The number of hydrogen-bond acceptors (Lipinski definition) is 6. The monoisotopic (exact) mass is 338 g/mol. The first-order valence-corrected chi connectivity index (χ1v) is 9.24. The van der Waals surface area contributed by atoms with E-state index in [1.165, 1.54) is 0 Å². The lowest BCUT2D eigenvalue weighted by molar-refractivity contribution is -0.145. The van der Waals surface area contributed by atoms with Crippen LogP contribution in [-0.4, -0.2) is 60.9 Å². The molecule has 3 heterocycles. The van der Waals surface area contributed by atoms with E-state index in [1.54, 1.807) is 18.4 Å². The minimum atomic E-state index is -0.227. The molecule has 2 saturated heterocycles. The molecular formula is C16H26N4O2S. The van der Waals surface area contributed by atoms with Gasteiger partial charge in [-0.05, 0) is 19.3 Å². The van der Waals surface area contributed by atoms with Gasteiger partial charge < -0.3 is 14.5 Å². The van der Waals surface area contributed by atoms with Crippen LogP contribution < -0.4 is 4.90 Å². The van der Waals surface area contributed by atoms with E-state index in [2.05, 4.69) is 28.9 Å². The van der Waals surface area contributed by atoms with E-state index >= 15 is 0 Å². The van der Waals surface area contributed by atoms with Gasteiger partial charge in [-0.2, -0.15) is 0 Å². The van der Waals surface area contributed by atoms with E-state index in [-0.39, 0.29) is 5.41 Å². The number of anilines is 1. The predicted molar refractivity (Wildman–Crippen MR) is 91.0 cm³/mol. The number of amides is 1. The second-order valence-corrected chi connectivity index (χ2v) is 7.91. The number of likely N-dealkylation sites (tertiary alicyclic amines) is 1. The molecular weight excluding hydrogens is 312 g/mol. The first kappa shape index (κ1) is 16.6. The molecule has 3 rings (SSSR count). The van der Waals surface area contributed by atoms with Crippen LogP contribution in [0, 0.1) is 5.41 Å². The largest absolute Gasteiger partial charge is 0.383 e. The number of hydrogen-bond donors (Lipinski definition) is 0. The van der Waals surface area contributed by atoms with E-state index in [4.69, 9.17) is 4.74 Å². The SMILES string of the molecule is COCCN1CCCC2(CCN(c3nnc(C(C)C)s3)C2)C1=O. The zero-order valence-electron chi connectivity index (χ0n) is 14.2. The summed E-state index contributed by atoms with van der Waals surface area (Å²) in [4.78, 5) is 17.2. The van der Waals surface area contributed by atoms with Crippen LogP contribution in [0.3, 0.4) is 0 Å². The average Bonchev–Trinajstić information content (AvgIpc) is 3.17. The summed E-state index contributed by atoms with van der Waals surface area (Å²) in [6, 6.07) is 0. The molecule has 2 aliphatic rings. The molecule has 0 N–H and O–H groups in total. The summed E-state index contributed by atoms with van der Waals surface area (Å²) in [6.07, 6.45) is 2.99. The summed E-state index contributed by atoms with van der Waals surface area (Å²) >= 11 is 1.66. The standard InChI is InChI=1S/C16H26N4O2S/c1-12(2)13-17-18-15(23-13)20-8-6-16(11-20)5-4-7-19(14(16)21)9-10-22-3/h12H,4-11H2,1-3H3. The normalized spacial score (nSPS) is 25.1. The summed E-state index contributed by atoms with van der Waals surface area (Å²) in [5.74, 6) is 0.704. The lowest BCUT2D eigenvalue weighted by Crippen LogP contribution is -2.50. The van der Waals surface area contributed by atoms with Gasteiger partial charge in [0, 0.05) is 39.2 Å². The van der Waals surface area contributed by atoms with Crippen molar-refractivity contribution in [2.45, 2.75) is 39.0 Å². The van der Waals surface area contributed by atoms with Crippen molar-refractivity contribution < 1.29 is 9.53 Å². The molecule has 0 aliphatic carbocycles. The van der Waals surface area contributed by atoms with Crippen LogP contribution in [0.5, 0.6) is 0 Å². The molecule has 23 heavy (non-hydrogen) atoms. The number of piperidine rings is 1. The summed E-state index contributed by atoms with van der Waals surface area (Å²) in [5.41, 5.74) is -0.227. The summed E-state index contributed by atoms with van der Waals surface area (Å²) in [6.45, 7) is 8.12. The number of methoxy groups -OCH3 is 1. The van der Waals surface area contributed by atoms with Gasteiger partial charge in [0.15, 0.2) is 0 Å². The number of ether oxygens (including phenoxy) is 1. The van der Waals surface area contributed by atoms with Crippen molar-refractivity contribution in [1.29, 1.82) is 0 Å². The molecule has 2 fully saturated rings. The van der Waals surface area contributed by atoms with Crippen molar-refractivity contribution >= 4 is 22.4 Å². The molecule has 1 aromatic heterocycles. The van der Waals surface area contributed by atoms with Gasteiger partial charge in [-0.1, -0.05) is 25.2 Å². The maximum atomic E-state index is 13.0. The maximum absolute atomic E-state index is 13.0. The topological polar surface area (TPSA) is 58.6 Å². The molecule has 1 aromatic rings. The Balaban J connectivity index is 1.70. The van der Waals surface area contributed by atoms with Crippen LogP contribution in [-0.2, 0) is 9.53 Å². The Morgan fingerprint density at radius 1 is 1.30 bits per heavy atom. The summed E-state index contributed by atoms with van der Waals surface area (Å²) in [7, 11) is 1.68. The third-order valence-electron chi connectivity index (χ3n) is 4.94. The van der Waals surface area contributed by atoms with Crippen LogP contribution in [0.25, 0.3) is 0 Å². The fourth-order valence-electron chi connectivity index (χ4n) is 3.57. The van der Waals surface area contributed by atoms with Gasteiger partial charge in [0.2, 0.25) is 11.0 Å². The van der Waals surface area contributed by atoms with Crippen LogP contribution >= 0.6 is 11.3 Å². The number of rotatable bonds is 5. The Morgan fingerprint density at radius 2 is 2.13 bits per heavy atom. The lowest BCUT2D eigenvalue weighted by atomic mass is 9.78. The van der Waals surface area contributed by atoms with Crippen molar-refractivity contribution in [2.24, 2.45) is 5.41 Å². The third kappa shape index (κ3) is 3.21. The van der Waals surface area contributed by atoms with Gasteiger partial charge in [0.1, 0.15) is 5.01 Å². The van der Waals surface area contributed by atoms with Gasteiger partial charge in [-0.25, -0.2) is 0 Å². The minimum Gasteiger partial charge on any atom is -0.383 e. The van der Waals surface area contributed by atoms with E-state index in [0.29, 0.717) is 25.0 Å². The van der Waals surface area contributed by atoms with Crippen LogP contribution in [0.15, 0.2) is 0 Å². The highest BCUT2D eigenvalue weighted by atomic mass is 32.1. The van der Waals surface area contributed by atoms with Crippen molar-refractivity contribution in [3.63, 3.8) is 0 Å². The Labute approximate surface area is 141 Å². The number of aromatic nitrogens is 2. The zero-order valence-corrected chi connectivity index (χ0v) is 15.1. The Hall–Kier alpha value is -1.21. The van der Waals surface area contributed by atoms with Crippen LogP contribution in [0.2, 0.25) is 0 Å². The maximum Gasteiger partial charge on any atom is 0.230 e. The number of carbonyl (C=O) groups excluding carboxylic acids is 1. The highest BCUT2D eigenvalue weighted by Crippen LogP contribution is 2.42. The summed E-state index contributed by atoms with van der Waals surface area (Å²) in [5, 5.41) is 10.7. The number of nitrogens with zero attached hydrogens (tertiary/aromatic N) is 4. The third-order valence-corrected chi connectivity index (χ3v) is 6.22.